The molecule has 0 spiro atoms. The number of carbonyl (C=O) groups excluding carboxylic acids is 2. The molecule has 118 valence electrons. The first-order valence-electron chi connectivity index (χ1n) is 6.93. The number of esters is 1. The maximum atomic E-state index is 12.2. The number of Topliss-reactive ketones (excluding diaryl/α,β-unsaturated/α-hetero) is 1. The highest BCUT2D eigenvalue weighted by molar-refractivity contribution is 6.22. The Bertz CT molecular complexity index is 492. The lowest BCUT2D eigenvalue weighted by molar-refractivity contribution is -0.142. The van der Waals surface area contributed by atoms with Crippen molar-refractivity contribution >= 4 is 17.5 Å². The summed E-state index contributed by atoms with van der Waals surface area (Å²) in [6.07, 6.45) is 0.832. The van der Waals surface area contributed by atoms with Crippen molar-refractivity contribution in [3.05, 3.63) is 11.3 Å². The van der Waals surface area contributed by atoms with Gasteiger partial charge in [0, 0.05) is 18.6 Å². The molecule has 0 aromatic carbocycles. The second kappa shape index (κ2) is 6.85. The van der Waals surface area contributed by atoms with Crippen molar-refractivity contribution < 1.29 is 19.4 Å². The third kappa shape index (κ3) is 4.39. The summed E-state index contributed by atoms with van der Waals surface area (Å²) in [5.41, 5.74) is 0.510. The fourth-order valence-electron chi connectivity index (χ4n) is 2.43. The third-order valence-electron chi connectivity index (χ3n) is 3.56. The number of allylic oxidation sites excluding steroid dienone is 2. The number of aliphatic hydroxyl groups is 1. The second-order valence-corrected chi connectivity index (χ2v) is 6.05. The van der Waals surface area contributed by atoms with Crippen LogP contribution in [0.25, 0.3) is 0 Å². The van der Waals surface area contributed by atoms with Crippen molar-refractivity contribution in [3.8, 4) is 0 Å². The van der Waals surface area contributed by atoms with Gasteiger partial charge in [0.15, 0.2) is 5.78 Å². The minimum Gasteiger partial charge on any atom is -0.511 e. The number of rotatable bonds is 5. The van der Waals surface area contributed by atoms with Crippen molar-refractivity contribution in [2.45, 2.75) is 39.7 Å². The average Bonchev–Trinajstić information content (AvgIpc) is 2.36. The van der Waals surface area contributed by atoms with E-state index in [0.29, 0.717) is 18.6 Å². The molecule has 6 heteroatoms. The van der Waals surface area contributed by atoms with Crippen LogP contribution >= 0.6 is 0 Å². The van der Waals surface area contributed by atoms with Gasteiger partial charge in [-0.3, -0.25) is 14.6 Å². The predicted octanol–water partition coefficient (Wildman–Crippen LogP) is 1.41. The van der Waals surface area contributed by atoms with Gasteiger partial charge < -0.3 is 15.2 Å². The van der Waals surface area contributed by atoms with Gasteiger partial charge in [-0.25, -0.2) is 0 Å². The van der Waals surface area contributed by atoms with E-state index in [1.54, 1.807) is 14.0 Å². The Kier molecular flexibility index (Phi) is 5.66. The summed E-state index contributed by atoms with van der Waals surface area (Å²) in [5.74, 6) is -0.441. The van der Waals surface area contributed by atoms with Gasteiger partial charge in [0.05, 0.1) is 19.2 Å². The zero-order valence-corrected chi connectivity index (χ0v) is 13.3. The molecule has 0 aromatic heterocycles. The number of nitrogens with one attached hydrogen (secondary N) is 1. The molecule has 0 saturated heterocycles. The number of ether oxygens (including phenoxy) is 1. The van der Waals surface area contributed by atoms with Gasteiger partial charge >= 0.3 is 5.97 Å². The Labute approximate surface area is 125 Å². The summed E-state index contributed by atoms with van der Waals surface area (Å²) >= 11 is 0. The summed E-state index contributed by atoms with van der Waals surface area (Å²) in [6.45, 7) is 5.71. The molecule has 0 fully saturated rings. The quantitative estimate of drug-likeness (QED) is 0.591. The van der Waals surface area contributed by atoms with E-state index in [-0.39, 0.29) is 29.1 Å². The predicted molar refractivity (Wildman–Crippen MR) is 80.5 cm³/mol. The smallest absolute Gasteiger partial charge is 0.324 e. The van der Waals surface area contributed by atoms with E-state index in [2.05, 4.69) is 15.0 Å². The first-order valence-corrected chi connectivity index (χ1v) is 6.93. The largest absolute Gasteiger partial charge is 0.511 e. The molecule has 6 nitrogen and oxygen atoms in total. The Morgan fingerprint density at radius 2 is 2.10 bits per heavy atom. The number of methoxy groups -OCH3 is 1. The van der Waals surface area contributed by atoms with Crippen LogP contribution in [-0.2, 0) is 14.3 Å². The zero-order valence-electron chi connectivity index (χ0n) is 13.3. The molecular weight excluding hydrogens is 272 g/mol. The summed E-state index contributed by atoms with van der Waals surface area (Å²) in [6, 6.07) is -0.567. The topological polar surface area (TPSA) is 88.0 Å². The molecule has 0 aromatic rings. The van der Waals surface area contributed by atoms with Crippen molar-refractivity contribution in [1.29, 1.82) is 0 Å². The van der Waals surface area contributed by atoms with Gasteiger partial charge in [-0.1, -0.05) is 13.8 Å². The number of carbonyl (C=O) groups is 2. The summed E-state index contributed by atoms with van der Waals surface area (Å²) in [4.78, 5) is 27.9. The normalized spacial score (nSPS) is 20.4. The van der Waals surface area contributed by atoms with E-state index >= 15 is 0 Å². The Balaban J connectivity index is 2.92. The van der Waals surface area contributed by atoms with E-state index in [1.165, 1.54) is 7.11 Å². The van der Waals surface area contributed by atoms with Crippen LogP contribution in [0.2, 0.25) is 0 Å². The summed E-state index contributed by atoms with van der Waals surface area (Å²) in [7, 11) is 2.95. The molecule has 1 aliphatic carbocycles. The Hall–Kier alpha value is -1.69. The van der Waals surface area contributed by atoms with Crippen molar-refractivity contribution in [2.75, 3.05) is 20.7 Å². The number of hydrogen-bond acceptors (Lipinski definition) is 6. The van der Waals surface area contributed by atoms with Crippen LogP contribution in [0.5, 0.6) is 0 Å². The first-order chi connectivity index (χ1) is 9.71. The van der Waals surface area contributed by atoms with E-state index in [9.17, 15) is 14.7 Å². The standard InChI is InChI=1S/C15H24N2O4/c1-9(17-8-10(16-4)14(20)21-5)13-11(18)6-15(2,3)7-12(13)19/h10,16,18H,6-8H2,1-5H3/t10-/m0/s1. The van der Waals surface area contributed by atoms with Crippen LogP contribution < -0.4 is 5.32 Å². The monoisotopic (exact) mass is 296 g/mol. The summed E-state index contributed by atoms with van der Waals surface area (Å²) in [5, 5.41) is 12.9. The number of aliphatic imine (C=N–C) groups is 1. The van der Waals surface area contributed by atoms with Crippen LogP contribution in [0.1, 0.15) is 33.6 Å². The highest BCUT2D eigenvalue weighted by Crippen LogP contribution is 2.36. The number of nitrogens with zero attached hydrogens (tertiary/aromatic N) is 1. The molecule has 1 rings (SSSR count). The van der Waals surface area contributed by atoms with E-state index in [4.69, 9.17) is 0 Å². The van der Waals surface area contributed by atoms with E-state index in [1.807, 2.05) is 13.8 Å². The van der Waals surface area contributed by atoms with Crippen LogP contribution in [-0.4, -0.2) is 49.3 Å². The average molecular weight is 296 g/mol. The second-order valence-electron chi connectivity index (χ2n) is 6.05. The molecule has 0 heterocycles. The molecule has 0 saturated carbocycles. The molecule has 1 aliphatic rings. The molecule has 1 atom stereocenters. The zero-order chi connectivity index (χ0) is 16.2. The number of ketones is 1. The van der Waals surface area contributed by atoms with Crippen molar-refractivity contribution in [3.63, 3.8) is 0 Å². The van der Waals surface area contributed by atoms with Crippen LogP contribution in [0, 0.1) is 5.41 Å². The van der Waals surface area contributed by atoms with E-state index < -0.39 is 12.0 Å². The van der Waals surface area contributed by atoms with Crippen LogP contribution in [0.4, 0.5) is 0 Å². The van der Waals surface area contributed by atoms with Crippen molar-refractivity contribution in [2.24, 2.45) is 10.4 Å². The SMILES string of the molecule is CN[C@@H](CN=C(C)C1=C(O)CC(C)(C)CC1=O)C(=O)OC. The van der Waals surface area contributed by atoms with Gasteiger partial charge in [0.2, 0.25) is 0 Å². The third-order valence-corrected chi connectivity index (χ3v) is 3.56. The van der Waals surface area contributed by atoms with Gasteiger partial charge in [0.25, 0.3) is 0 Å². The van der Waals surface area contributed by atoms with Crippen LogP contribution in [0.3, 0.4) is 0 Å². The fraction of sp³-hybridized carbons (Fsp3) is 0.667. The molecule has 0 aliphatic heterocycles. The lowest BCUT2D eigenvalue weighted by Crippen LogP contribution is -2.38. The highest BCUT2D eigenvalue weighted by atomic mass is 16.5. The Morgan fingerprint density at radius 1 is 1.48 bits per heavy atom. The van der Waals surface area contributed by atoms with Gasteiger partial charge in [-0.15, -0.1) is 0 Å². The molecular formula is C15H24N2O4. The Morgan fingerprint density at radius 3 is 2.57 bits per heavy atom. The minimum absolute atomic E-state index is 0.0802. The van der Waals surface area contributed by atoms with Gasteiger partial charge in [0.1, 0.15) is 11.8 Å². The first kappa shape index (κ1) is 17.4. The fourth-order valence-corrected chi connectivity index (χ4v) is 2.43. The van der Waals surface area contributed by atoms with Crippen molar-refractivity contribution in [1.82, 2.24) is 5.32 Å². The molecule has 0 radical (unpaired) electrons. The van der Waals surface area contributed by atoms with Gasteiger partial charge in [-0.05, 0) is 19.4 Å². The molecule has 21 heavy (non-hydrogen) atoms. The number of likely N-dealkylation sites (N-methyl/N-ethyl adjacent to an activating group) is 1. The molecule has 0 bridgehead atoms. The molecule has 0 amide bonds. The molecule has 2 N–H and O–H groups in total. The lowest BCUT2D eigenvalue weighted by Gasteiger charge is -2.29. The number of aliphatic hydroxyl groups excluding tert-OH is 1. The van der Waals surface area contributed by atoms with E-state index in [0.717, 1.165) is 0 Å². The highest BCUT2D eigenvalue weighted by Gasteiger charge is 2.34. The number of hydrogen-bond donors (Lipinski definition) is 2. The maximum absolute atomic E-state index is 12.2. The maximum Gasteiger partial charge on any atom is 0.324 e. The lowest BCUT2D eigenvalue weighted by atomic mass is 9.76. The summed E-state index contributed by atoms with van der Waals surface area (Å²) < 4.78 is 4.65. The molecule has 0 unspecified atom stereocenters. The van der Waals surface area contributed by atoms with Crippen LogP contribution in [0.15, 0.2) is 16.3 Å². The minimum atomic E-state index is -0.567. The van der Waals surface area contributed by atoms with Gasteiger partial charge in [-0.2, -0.15) is 0 Å².